The summed E-state index contributed by atoms with van der Waals surface area (Å²) in [5, 5.41) is 9.07. The zero-order chi connectivity index (χ0) is 13.5. The summed E-state index contributed by atoms with van der Waals surface area (Å²) >= 11 is 0. The Morgan fingerprint density at radius 3 is 1.94 bits per heavy atom. The standard InChI is InChI=1S/C13H23NO3/c1-7(2)8(3)14(6)11(15)9-10(12(16)17)13(9,4)5/h7-10H,1-6H3,(H,16,17). The molecule has 0 aromatic carbocycles. The summed E-state index contributed by atoms with van der Waals surface area (Å²) in [7, 11) is 1.76. The Kier molecular flexibility index (Phi) is 3.55. The predicted molar refractivity (Wildman–Crippen MR) is 65.5 cm³/mol. The van der Waals surface area contributed by atoms with Gasteiger partial charge in [-0.05, 0) is 18.3 Å². The van der Waals surface area contributed by atoms with Crippen molar-refractivity contribution in [1.29, 1.82) is 0 Å². The second kappa shape index (κ2) is 4.31. The molecule has 3 atom stereocenters. The Morgan fingerprint density at radius 1 is 1.18 bits per heavy atom. The van der Waals surface area contributed by atoms with Crippen molar-refractivity contribution in [2.45, 2.75) is 40.7 Å². The summed E-state index contributed by atoms with van der Waals surface area (Å²) in [6.45, 7) is 9.81. The van der Waals surface area contributed by atoms with Crippen LogP contribution in [0.5, 0.6) is 0 Å². The van der Waals surface area contributed by atoms with Gasteiger partial charge in [0.2, 0.25) is 5.91 Å². The van der Waals surface area contributed by atoms with Gasteiger partial charge in [-0.15, -0.1) is 0 Å². The van der Waals surface area contributed by atoms with Crippen LogP contribution in [0.1, 0.15) is 34.6 Å². The normalized spacial score (nSPS) is 27.7. The number of carboxylic acids is 1. The molecule has 1 N–H and O–H groups in total. The lowest BCUT2D eigenvalue weighted by Crippen LogP contribution is -2.40. The molecule has 0 radical (unpaired) electrons. The van der Waals surface area contributed by atoms with Crippen LogP contribution in [-0.4, -0.2) is 35.0 Å². The highest BCUT2D eigenvalue weighted by Crippen LogP contribution is 2.59. The first-order valence-corrected chi connectivity index (χ1v) is 6.11. The van der Waals surface area contributed by atoms with Crippen LogP contribution in [0.3, 0.4) is 0 Å². The first-order valence-electron chi connectivity index (χ1n) is 6.11. The van der Waals surface area contributed by atoms with Gasteiger partial charge in [0.25, 0.3) is 0 Å². The molecule has 1 amide bonds. The molecule has 1 rings (SSSR count). The van der Waals surface area contributed by atoms with Crippen LogP contribution in [0.25, 0.3) is 0 Å². The average molecular weight is 241 g/mol. The summed E-state index contributed by atoms with van der Waals surface area (Å²) in [5.41, 5.74) is -0.409. The number of amides is 1. The molecule has 0 spiro atoms. The number of carbonyl (C=O) groups is 2. The van der Waals surface area contributed by atoms with Gasteiger partial charge in [0.15, 0.2) is 0 Å². The van der Waals surface area contributed by atoms with Gasteiger partial charge in [-0.3, -0.25) is 9.59 Å². The molecule has 1 saturated carbocycles. The van der Waals surface area contributed by atoms with Gasteiger partial charge < -0.3 is 10.0 Å². The van der Waals surface area contributed by atoms with E-state index in [1.165, 1.54) is 0 Å². The molecule has 1 aliphatic rings. The maximum Gasteiger partial charge on any atom is 0.307 e. The number of rotatable bonds is 4. The second-order valence-electron chi connectivity index (χ2n) is 6.05. The van der Waals surface area contributed by atoms with Crippen molar-refractivity contribution in [3.63, 3.8) is 0 Å². The molecule has 4 nitrogen and oxygen atoms in total. The first kappa shape index (κ1) is 14.0. The fraction of sp³-hybridized carbons (Fsp3) is 0.846. The van der Waals surface area contributed by atoms with E-state index in [1.54, 1.807) is 11.9 Å². The molecule has 3 unspecified atom stereocenters. The highest BCUT2D eigenvalue weighted by atomic mass is 16.4. The van der Waals surface area contributed by atoms with Gasteiger partial charge in [0.05, 0.1) is 11.8 Å². The van der Waals surface area contributed by atoms with Crippen molar-refractivity contribution in [2.24, 2.45) is 23.2 Å². The van der Waals surface area contributed by atoms with Crippen molar-refractivity contribution >= 4 is 11.9 Å². The number of carboxylic acid groups (broad SMARTS) is 1. The number of hydrogen-bond donors (Lipinski definition) is 1. The van der Waals surface area contributed by atoms with E-state index in [4.69, 9.17) is 5.11 Å². The topological polar surface area (TPSA) is 57.6 Å². The highest BCUT2D eigenvalue weighted by Gasteiger charge is 2.66. The molecule has 0 aromatic heterocycles. The van der Waals surface area contributed by atoms with Gasteiger partial charge in [0.1, 0.15) is 0 Å². The fourth-order valence-corrected chi connectivity index (χ4v) is 2.43. The van der Waals surface area contributed by atoms with Gasteiger partial charge in [0, 0.05) is 13.1 Å². The van der Waals surface area contributed by atoms with Crippen LogP contribution < -0.4 is 0 Å². The number of hydrogen-bond acceptors (Lipinski definition) is 2. The maximum absolute atomic E-state index is 12.2. The van der Waals surface area contributed by atoms with E-state index in [2.05, 4.69) is 13.8 Å². The molecular formula is C13H23NO3. The van der Waals surface area contributed by atoms with Gasteiger partial charge in [-0.25, -0.2) is 0 Å². The van der Waals surface area contributed by atoms with E-state index in [0.717, 1.165) is 0 Å². The van der Waals surface area contributed by atoms with Crippen molar-refractivity contribution in [1.82, 2.24) is 4.90 Å². The SMILES string of the molecule is CC(C)C(C)N(C)C(=O)C1C(C(=O)O)C1(C)C. The fourth-order valence-electron chi connectivity index (χ4n) is 2.43. The molecule has 0 saturated heterocycles. The third-order valence-electron chi connectivity index (χ3n) is 4.28. The quantitative estimate of drug-likeness (QED) is 0.817. The minimum absolute atomic E-state index is 0.0383. The van der Waals surface area contributed by atoms with E-state index in [9.17, 15) is 9.59 Å². The van der Waals surface area contributed by atoms with E-state index in [1.807, 2.05) is 20.8 Å². The second-order valence-corrected chi connectivity index (χ2v) is 6.05. The molecule has 4 heteroatoms. The Morgan fingerprint density at radius 2 is 1.65 bits per heavy atom. The van der Waals surface area contributed by atoms with Crippen molar-refractivity contribution in [2.75, 3.05) is 7.05 Å². The molecule has 17 heavy (non-hydrogen) atoms. The smallest absolute Gasteiger partial charge is 0.307 e. The Bertz CT molecular complexity index is 336. The molecule has 0 aliphatic heterocycles. The minimum Gasteiger partial charge on any atom is -0.481 e. The monoisotopic (exact) mass is 241 g/mol. The van der Waals surface area contributed by atoms with Crippen LogP contribution in [0.4, 0.5) is 0 Å². The highest BCUT2D eigenvalue weighted by molar-refractivity contribution is 5.91. The Balaban J connectivity index is 2.77. The molecule has 0 bridgehead atoms. The zero-order valence-electron chi connectivity index (χ0n) is 11.5. The summed E-state index contributed by atoms with van der Waals surface area (Å²) in [6.07, 6.45) is 0. The molecule has 1 aliphatic carbocycles. The largest absolute Gasteiger partial charge is 0.481 e. The number of carbonyl (C=O) groups excluding carboxylic acids is 1. The van der Waals surface area contributed by atoms with Crippen LogP contribution >= 0.6 is 0 Å². The van der Waals surface area contributed by atoms with Crippen LogP contribution in [-0.2, 0) is 9.59 Å². The summed E-state index contributed by atoms with van der Waals surface area (Å²) in [6, 6.07) is 0.133. The summed E-state index contributed by atoms with van der Waals surface area (Å²) in [4.78, 5) is 25.0. The molecule has 0 aromatic rings. The van der Waals surface area contributed by atoms with E-state index in [-0.39, 0.29) is 17.9 Å². The molecular weight excluding hydrogens is 218 g/mol. The lowest BCUT2D eigenvalue weighted by atomic mass is 10.0. The van der Waals surface area contributed by atoms with Gasteiger partial charge >= 0.3 is 5.97 Å². The maximum atomic E-state index is 12.2. The van der Waals surface area contributed by atoms with Crippen LogP contribution in [0, 0.1) is 23.2 Å². The lowest BCUT2D eigenvalue weighted by molar-refractivity contribution is -0.142. The summed E-state index contributed by atoms with van der Waals surface area (Å²) in [5.74, 6) is -1.43. The van der Waals surface area contributed by atoms with Gasteiger partial charge in [-0.2, -0.15) is 0 Å². The van der Waals surface area contributed by atoms with Gasteiger partial charge in [-0.1, -0.05) is 27.7 Å². The Hall–Kier alpha value is -1.06. The average Bonchev–Trinajstić information content (AvgIpc) is 2.78. The molecule has 0 heterocycles. The van der Waals surface area contributed by atoms with E-state index < -0.39 is 17.3 Å². The number of nitrogens with zero attached hydrogens (tertiary/aromatic N) is 1. The Labute approximate surface area is 103 Å². The van der Waals surface area contributed by atoms with Crippen molar-refractivity contribution < 1.29 is 14.7 Å². The minimum atomic E-state index is -0.862. The summed E-state index contributed by atoms with van der Waals surface area (Å²) < 4.78 is 0. The zero-order valence-corrected chi connectivity index (χ0v) is 11.5. The lowest BCUT2D eigenvalue weighted by Gasteiger charge is -2.28. The first-order chi connectivity index (χ1) is 7.62. The van der Waals surface area contributed by atoms with Crippen LogP contribution in [0.2, 0.25) is 0 Å². The third kappa shape index (κ3) is 2.31. The van der Waals surface area contributed by atoms with Crippen molar-refractivity contribution in [3.05, 3.63) is 0 Å². The number of aliphatic carboxylic acids is 1. The van der Waals surface area contributed by atoms with E-state index >= 15 is 0 Å². The van der Waals surface area contributed by atoms with E-state index in [0.29, 0.717) is 5.92 Å². The van der Waals surface area contributed by atoms with Crippen molar-refractivity contribution in [3.8, 4) is 0 Å². The van der Waals surface area contributed by atoms with Crippen LogP contribution in [0.15, 0.2) is 0 Å². The third-order valence-corrected chi connectivity index (χ3v) is 4.28. The molecule has 1 fully saturated rings. The molecule has 98 valence electrons. The predicted octanol–water partition coefficient (Wildman–Crippen LogP) is 1.85.